The van der Waals surface area contributed by atoms with Crippen LogP contribution in [-0.2, 0) is 9.59 Å². The highest BCUT2D eigenvalue weighted by molar-refractivity contribution is 6.01. The van der Waals surface area contributed by atoms with Gasteiger partial charge >= 0.3 is 0 Å². The summed E-state index contributed by atoms with van der Waals surface area (Å²) in [7, 11) is 0. The van der Waals surface area contributed by atoms with Crippen molar-refractivity contribution in [2.24, 2.45) is 0 Å². The Morgan fingerprint density at radius 3 is 1.90 bits per heavy atom. The van der Waals surface area contributed by atoms with Gasteiger partial charge in [-0.3, -0.25) is 9.59 Å². The Balaban J connectivity index is 3.99. The van der Waals surface area contributed by atoms with E-state index in [1.165, 1.54) is 20.8 Å². The number of hydrogen-bond acceptors (Lipinski definition) is 3. The molecule has 0 rings (SSSR count). The van der Waals surface area contributed by atoms with Crippen molar-refractivity contribution in [3.05, 3.63) is 0 Å². The van der Waals surface area contributed by atoms with Crippen LogP contribution >= 0.6 is 0 Å². The molecule has 3 nitrogen and oxygen atoms in total. The molecule has 0 saturated carbocycles. The quantitative estimate of drug-likeness (QED) is 0.580. The van der Waals surface area contributed by atoms with E-state index in [2.05, 4.69) is 0 Å². The molecule has 0 bridgehead atoms. The van der Waals surface area contributed by atoms with Gasteiger partial charge in [-0.15, -0.1) is 0 Å². The molecule has 0 heterocycles. The van der Waals surface area contributed by atoms with Gasteiger partial charge in [0.2, 0.25) is 0 Å². The molecule has 0 aromatic heterocycles. The molecule has 10 heavy (non-hydrogen) atoms. The average Bonchev–Trinajstić information content (AvgIpc) is 1.60. The zero-order chi connectivity index (χ0) is 8.36. The van der Waals surface area contributed by atoms with Gasteiger partial charge in [-0.25, -0.2) is 0 Å². The second kappa shape index (κ2) is 2.92. The van der Waals surface area contributed by atoms with Gasteiger partial charge in [0, 0.05) is 0 Å². The van der Waals surface area contributed by atoms with Crippen LogP contribution in [0.15, 0.2) is 0 Å². The summed E-state index contributed by atoms with van der Waals surface area (Å²) in [5, 5.41) is 9.03. The van der Waals surface area contributed by atoms with Crippen molar-refractivity contribution in [1.82, 2.24) is 0 Å². The minimum absolute atomic E-state index is 0.177. The van der Waals surface area contributed by atoms with E-state index in [0.717, 1.165) is 0 Å². The Labute approximate surface area is 60.0 Å². The molecule has 0 aliphatic carbocycles. The lowest BCUT2D eigenvalue weighted by molar-refractivity contribution is -0.137. The molecule has 0 unspecified atom stereocenters. The lowest BCUT2D eigenvalue weighted by Gasteiger charge is -2.13. The fourth-order valence-electron chi connectivity index (χ4n) is 0.442. The van der Waals surface area contributed by atoms with Crippen LogP contribution in [0.5, 0.6) is 0 Å². The number of hydrogen-bond donors (Lipinski definition) is 1. The van der Waals surface area contributed by atoms with Gasteiger partial charge in [-0.05, 0) is 20.8 Å². The van der Waals surface area contributed by atoms with E-state index in [1.807, 2.05) is 0 Å². The molecular formula is C7H12O3. The third-order valence-electron chi connectivity index (χ3n) is 1.09. The number of carbonyl (C=O) groups excluding carboxylic acids is 2. The van der Waals surface area contributed by atoms with Crippen molar-refractivity contribution in [1.29, 1.82) is 0 Å². The Bertz CT molecular complexity index is 153. The fourth-order valence-corrected chi connectivity index (χ4v) is 0.442. The van der Waals surface area contributed by atoms with Gasteiger partial charge in [0.15, 0.2) is 5.78 Å². The van der Waals surface area contributed by atoms with Crippen LogP contribution in [0.3, 0.4) is 0 Å². The number of rotatable bonds is 3. The van der Waals surface area contributed by atoms with Gasteiger partial charge in [0.1, 0.15) is 11.4 Å². The molecule has 0 aromatic rings. The van der Waals surface area contributed by atoms with Crippen molar-refractivity contribution in [3.63, 3.8) is 0 Å². The summed E-state index contributed by atoms with van der Waals surface area (Å²) in [4.78, 5) is 21.2. The third-order valence-corrected chi connectivity index (χ3v) is 1.09. The van der Waals surface area contributed by atoms with Crippen LogP contribution in [0.25, 0.3) is 0 Å². The highest BCUT2D eigenvalue weighted by atomic mass is 16.3. The van der Waals surface area contributed by atoms with E-state index in [9.17, 15) is 9.59 Å². The zero-order valence-electron chi connectivity index (χ0n) is 6.47. The predicted molar refractivity (Wildman–Crippen MR) is 36.6 cm³/mol. The molecule has 0 atom stereocenters. The minimum Gasteiger partial charge on any atom is -0.383 e. The third kappa shape index (κ3) is 3.35. The van der Waals surface area contributed by atoms with Gasteiger partial charge < -0.3 is 5.11 Å². The van der Waals surface area contributed by atoms with E-state index in [4.69, 9.17) is 5.11 Å². The van der Waals surface area contributed by atoms with Crippen LogP contribution in [0.4, 0.5) is 0 Å². The minimum atomic E-state index is -1.37. The predicted octanol–water partition coefficient (Wildman–Crippen LogP) is 0.306. The molecule has 0 aliphatic rings. The summed E-state index contributed by atoms with van der Waals surface area (Å²) >= 11 is 0. The summed E-state index contributed by atoms with van der Waals surface area (Å²) in [6.07, 6.45) is -0.177. The monoisotopic (exact) mass is 144 g/mol. The molecule has 1 N–H and O–H groups in total. The van der Waals surface area contributed by atoms with Crippen molar-refractivity contribution in [3.8, 4) is 0 Å². The first kappa shape index (κ1) is 9.30. The first-order valence-corrected chi connectivity index (χ1v) is 3.09. The second-order valence-corrected chi connectivity index (χ2v) is 2.86. The van der Waals surface area contributed by atoms with Crippen molar-refractivity contribution in [2.75, 3.05) is 0 Å². The Morgan fingerprint density at radius 1 is 1.40 bits per heavy atom. The van der Waals surface area contributed by atoms with E-state index in [1.54, 1.807) is 0 Å². The van der Waals surface area contributed by atoms with Crippen LogP contribution in [-0.4, -0.2) is 22.3 Å². The maximum absolute atomic E-state index is 10.8. The van der Waals surface area contributed by atoms with Crippen molar-refractivity contribution < 1.29 is 14.7 Å². The molecular weight excluding hydrogens is 132 g/mol. The Kier molecular flexibility index (Phi) is 2.72. The highest BCUT2D eigenvalue weighted by Gasteiger charge is 2.23. The summed E-state index contributed by atoms with van der Waals surface area (Å²) in [6.45, 7) is 4.07. The SMILES string of the molecule is CC(=O)CC(=O)C(C)(C)O. The molecule has 3 heteroatoms. The summed E-state index contributed by atoms with van der Waals surface area (Å²) in [5.41, 5.74) is -1.37. The zero-order valence-corrected chi connectivity index (χ0v) is 6.47. The summed E-state index contributed by atoms with van der Waals surface area (Å²) < 4.78 is 0. The molecule has 58 valence electrons. The number of carbonyl (C=O) groups is 2. The molecule has 0 aromatic carbocycles. The molecule has 0 amide bonds. The van der Waals surface area contributed by atoms with Crippen LogP contribution in [0.2, 0.25) is 0 Å². The summed E-state index contributed by atoms with van der Waals surface area (Å²) in [6, 6.07) is 0. The topological polar surface area (TPSA) is 54.4 Å². The number of Topliss-reactive ketones (excluding diaryl/α,β-unsaturated/α-hetero) is 2. The highest BCUT2D eigenvalue weighted by Crippen LogP contribution is 2.05. The standard InChI is InChI=1S/C7H12O3/c1-5(8)4-6(9)7(2,3)10/h10H,4H2,1-3H3. The number of aliphatic hydroxyl groups is 1. The smallest absolute Gasteiger partial charge is 0.171 e. The van der Waals surface area contributed by atoms with Gasteiger partial charge in [-0.1, -0.05) is 0 Å². The first-order valence-electron chi connectivity index (χ1n) is 3.09. The number of ketones is 2. The van der Waals surface area contributed by atoms with E-state index >= 15 is 0 Å². The largest absolute Gasteiger partial charge is 0.383 e. The fraction of sp³-hybridized carbons (Fsp3) is 0.714. The maximum atomic E-state index is 10.8. The van der Waals surface area contributed by atoms with E-state index in [0.29, 0.717) is 0 Å². The molecule has 0 aliphatic heterocycles. The lowest BCUT2D eigenvalue weighted by atomic mass is 10.00. The molecule has 0 saturated heterocycles. The molecule has 0 radical (unpaired) electrons. The lowest BCUT2D eigenvalue weighted by Crippen LogP contribution is -2.32. The average molecular weight is 144 g/mol. The van der Waals surface area contributed by atoms with Crippen molar-refractivity contribution in [2.45, 2.75) is 32.8 Å². The maximum Gasteiger partial charge on any atom is 0.171 e. The van der Waals surface area contributed by atoms with E-state index < -0.39 is 11.4 Å². The first-order chi connectivity index (χ1) is 4.34. The van der Waals surface area contributed by atoms with Gasteiger partial charge in [0.25, 0.3) is 0 Å². The molecule has 0 spiro atoms. The Hall–Kier alpha value is -0.700. The van der Waals surface area contributed by atoms with Crippen molar-refractivity contribution >= 4 is 11.6 Å². The van der Waals surface area contributed by atoms with E-state index in [-0.39, 0.29) is 12.2 Å². The van der Waals surface area contributed by atoms with Gasteiger partial charge in [0.05, 0.1) is 6.42 Å². The molecule has 0 fully saturated rings. The normalized spacial score (nSPS) is 11.2. The van der Waals surface area contributed by atoms with Crippen LogP contribution in [0.1, 0.15) is 27.2 Å². The summed E-state index contributed by atoms with van der Waals surface area (Å²) in [5.74, 6) is -0.646. The second-order valence-electron chi connectivity index (χ2n) is 2.86. The van der Waals surface area contributed by atoms with Crippen LogP contribution in [0, 0.1) is 0 Å². The van der Waals surface area contributed by atoms with Crippen LogP contribution < -0.4 is 0 Å². The van der Waals surface area contributed by atoms with Gasteiger partial charge in [-0.2, -0.15) is 0 Å². The Morgan fingerprint density at radius 2 is 1.80 bits per heavy atom.